The number of halogens is 3. The van der Waals surface area contributed by atoms with E-state index < -0.39 is 6.17 Å². The number of hydrogen-bond donors (Lipinski definition) is 1. The number of nitrogens with two attached hydrogens (primary N) is 1. The van der Waals surface area contributed by atoms with Crippen LogP contribution in [0, 0.1) is 0 Å². The molecule has 0 aromatic heterocycles. The highest BCUT2D eigenvalue weighted by Gasteiger charge is 2.09. The van der Waals surface area contributed by atoms with Gasteiger partial charge in [-0.15, -0.1) is 0 Å². The maximum absolute atomic E-state index is 13.3. The largest absolute Gasteiger partial charge is 0.330 e. The second kappa shape index (κ2) is 4.94. The average molecular weight is 267 g/mol. The van der Waals surface area contributed by atoms with E-state index in [9.17, 15) is 4.39 Å². The maximum Gasteiger partial charge on any atom is 0.126 e. The van der Waals surface area contributed by atoms with E-state index in [0.29, 0.717) is 23.6 Å². The number of alkyl halides is 1. The molecule has 0 aliphatic rings. The minimum absolute atomic E-state index is 0.326. The van der Waals surface area contributed by atoms with Crippen LogP contribution in [0.4, 0.5) is 4.39 Å². The van der Waals surface area contributed by atoms with Crippen molar-refractivity contribution in [3.63, 3.8) is 0 Å². The number of hydrogen-bond acceptors (Lipinski definition) is 1. The van der Waals surface area contributed by atoms with E-state index in [1.807, 2.05) is 0 Å². The summed E-state index contributed by atoms with van der Waals surface area (Å²) in [4.78, 5) is 0. The quantitative estimate of drug-likeness (QED) is 0.891. The first-order chi connectivity index (χ1) is 6.13. The third-order valence-corrected chi connectivity index (χ3v) is 2.34. The normalized spacial score (nSPS) is 12.9. The van der Waals surface area contributed by atoms with E-state index in [1.165, 1.54) is 0 Å². The highest BCUT2D eigenvalue weighted by atomic mass is 79.9. The van der Waals surface area contributed by atoms with Crippen molar-refractivity contribution in [3.8, 4) is 0 Å². The summed E-state index contributed by atoms with van der Waals surface area (Å²) in [6.07, 6.45) is -0.702. The van der Waals surface area contributed by atoms with E-state index in [0.717, 1.165) is 4.47 Å². The summed E-state index contributed by atoms with van der Waals surface area (Å²) in [5.41, 5.74) is 5.83. The van der Waals surface area contributed by atoms with Gasteiger partial charge in [0.2, 0.25) is 0 Å². The number of rotatable bonds is 3. The van der Waals surface area contributed by atoms with Crippen LogP contribution in [0.15, 0.2) is 22.7 Å². The van der Waals surface area contributed by atoms with Gasteiger partial charge in [0, 0.05) is 9.50 Å². The second-order valence-electron chi connectivity index (χ2n) is 2.75. The molecule has 0 saturated heterocycles. The van der Waals surface area contributed by atoms with Gasteiger partial charge in [-0.25, -0.2) is 4.39 Å². The fourth-order valence-corrected chi connectivity index (χ4v) is 1.96. The van der Waals surface area contributed by atoms with Crippen LogP contribution in [-0.2, 0) is 0 Å². The van der Waals surface area contributed by atoms with E-state index in [-0.39, 0.29) is 0 Å². The van der Waals surface area contributed by atoms with Crippen LogP contribution >= 0.6 is 27.5 Å². The smallest absolute Gasteiger partial charge is 0.126 e. The highest BCUT2D eigenvalue weighted by Crippen LogP contribution is 2.27. The zero-order valence-corrected chi connectivity index (χ0v) is 9.28. The third kappa shape index (κ3) is 3.25. The topological polar surface area (TPSA) is 26.0 Å². The van der Waals surface area contributed by atoms with Crippen LogP contribution < -0.4 is 5.73 Å². The Balaban J connectivity index is 2.87. The molecule has 13 heavy (non-hydrogen) atoms. The molecule has 72 valence electrons. The predicted octanol–water partition coefficient (Wildman–Crippen LogP) is 3.46. The molecule has 1 aromatic rings. The van der Waals surface area contributed by atoms with Gasteiger partial charge in [-0.3, -0.25) is 0 Å². The first-order valence-electron chi connectivity index (χ1n) is 3.93. The molecule has 1 aromatic carbocycles. The third-order valence-electron chi connectivity index (χ3n) is 1.67. The van der Waals surface area contributed by atoms with Crippen LogP contribution in [0.5, 0.6) is 0 Å². The van der Waals surface area contributed by atoms with Crippen LogP contribution in [-0.4, -0.2) is 6.54 Å². The Morgan fingerprint density at radius 2 is 2.15 bits per heavy atom. The van der Waals surface area contributed by atoms with Gasteiger partial charge in [0.05, 0.1) is 0 Å². The Morgan fingerprint density at radius 1 is 1.46 bits per heavy atom. The second-order valence-corrected chi connectivity index (χ2v) is 4.10. The summed E-state index contributed by atoms with van der Waals surface area (Å²) in [5.74, 6) is 0. The zero-order valence-electron chi connectivity index (χ0n) is 6.93. The van der Waals surface area contributed by atoms with E-state index in [1.54, 1.807) is 18.2 Å². The molecule has 0 aliphatic carbocycles. The molecule has 4 heteroatoms. The van der Waals surface area contributed by atoms with Crippen molar-refractivity contribution < 1.29 is 4.39 Å². The first-order valence-corrected chi connectivity index (χ1v) is 5.10. The average Bonchev–Trinajstić information content (AvgIpc) is 2.03. The molecule has 0 fully saturated rings. The molecule has 0 aliphatic heterocycles. The summed E-state index contributed by atoms with van der Waals surface area (Å²) >= 11 is 9.02. The zero-order chi connectivity index (χ0) is 9.84. The Kier molecular flexibility index (Phi) is 4.16. The molecule has 0 bridgehead atoms. The van der Waals surface area contributed by atoms with E-state index in [4.69, 9.17) is 17.3 Å². The Bertz CT molecular complexity index is 273. The standard InChI is InChI=1S/C9H10BrClFN/c10-7-3-6(4-8(11)5-7)9(12)1-2-13/h3-5,9H,1-2,13H2. The lowest BCUT2D eigenvalue weighted by molar-refractivity contribution is 0.327. The van der Waals surface area contributed by atoms with Crippen molar-refractivity contribution in [3.05, 3.63) is 33.3 Å². The Morgan fingerprint density at radius 3 is 2.69 bits per heavy atom. The van der Waals surface area contributed by atoms with Crippen LogP contribution in [0.2, 0.25) is 5.02 Å². The van der Waals surface area contributed by atoms with Crippen molar-refractivity contribution in [2.24, 2.45) is 5.73 Å². The molecular weight excluding hydrogens is 256 g/mol. The molecule has 0 heterocycles. The fraction of sp³-hybridized carbons (Fsp3) is 0.333. The maximum atomic E-state index is 13.3. The summed E-state index contributed by atoms with van der Waals surface area (Å²) in [6.45, 7) is 0.339. The van der Waals surface area contributed by atoms with Gasteiger partial charge >= 0.3 is 0 Å². The van der Waals surface area contributed by atoms with Gasteiger partial charge in [-0.1, -0.05) is 27.5 Å². The lowest BCUT2D eigenvalue weighted by Gasteiger charge is -2.07. The molecule has 0 saturated carbocycles. The monoisotopic (exact) mass is 265 g/mol. The molecule has 0 spiro atoms. The van der Waals surface area contributed by atoms with Crippen LogP contribution in [0.1, 0.15) is 18.2 Å². The van der Waals surface area contributed by atoms with Crippen molar-refractivity contribution in [1.82, 2.24) is 0 Å². The van der Waals surface area contributed by atoms with E-state index >= 15 is 0 Å². The van der Waals surface area contributed by atoms with Gasteiger partial charge in [-0.2, -0.15) is 0 Å². The number of benzene rings is 1. The summed E-state index contributed by atoms with van der Waals surface area (Å²) in [5, 5.41) is 0.532. The Labute approximate surface area is 90.2 Å². The van der Waals surface area contributed by atoms with Gasteiger partial charge in [0.1, 0.15) is 6.17 Å². The predicted molar refractivity (Wildman–Crippen MR) is 56.7 cm³/mol. The highest BCUT2D eigenvalue weighted by molar-refractivity contribution is 9.10. The molecule has 0 radical (unpaired) electrons. The van der Waals surface area contributed by atoms with Crippen molar-refractivity contribution in [1.29, 1.82) is 0 Å². The molecule has 1 rings (SSSR count). The molecule has 0 amide bonds. The van der Waals surface area contributed by atoms with Crippen LogP contribution in [0.3, 0.4) is 0 Å². The minimum atomic E-state index is -1.03. The van der Waals surface area contributed by atoms with Crippen LogP contribution in [0.25, 0.3) is 0 Å². The molecular formula is C9H10BrClFN. The van der Waals surface area contributed by atoms with Gasteiger partial charge < -0.3 is 5.73 Å². The van der Waals surface area contributed by atoms with Gasteiger partial charge in [0.15, 0.2) is 0 Å². The van der Waals surface area contributed by atoms with Crippen molar-refractivity contribution >= 4 is 27.5 Å². The van der Waals surface area contributed by atoms with Crippen molar-refractivity contribution in [2.75, 3.05) is 6.54 Å². The molecule has 1 atom stereocenters. The van der Waals surface area contributed by atoms with Gasteiger partial charge in [-0.05, 0) is 36.7 Å². The lowest BCUT2D eigenvalue weighted by Crippen LogP contribution is -2.03. The Hall–Kier alpha value is -0.120. The fourth-order valence-electron chi connectivity index (χ4n) is 1.07. The van der Waals surface area contributed by atoms with Crippen molar-refractivity contribution in [2.45, 2.75) is 12.6 Å². The summed E-state index contributed by atoms with van der Waals surface area (Å²) in [6, 6.07) is 5.05. The SMILES string of the molecule is NCCC(F)c1cc(Cl)cc(Br)c1. The van der Waals surface area contributed by atoms with E-state index in [2.05, 4.69) is 15.9 Å². The molecule has 1 unspecified atom stereocenters. The van der Waals surface area contributed by atoms with Gasteiger partial charge in [0.25, 0.3) is 0 Å². The molecule has 2 N–H and O–H groups in total. The summed E-state index contributed by atoms with van der Waals surface area (Å²) in [7, 11) is 0. The summed E-state index contributed by atoms with van der Waals surface area (Å²) < 4.78 is 14.1. The molecule has 1 nitrogen and oxygen atoms in total. The lowest BCUT2D eigenvalue weighted by atomic mass is 10.1. The minimum Gasteiger partial charge on any atom is -0.330 e. The first kappa shape index (κ1) is 11.0.